The number of amides is 1. The topological polar surface area (TPSA) is 118 Å². The summed E-state index contributed by atoms with van der Waals surface area (Å²) in [5.74, 6) is 0.318. The highest BCUT2D eigenvalue weighted by atomic mass is 32.2. The Morgan fingerprint density at radius 1 is 1.15 bits per heavy atom. The van der Waals surface area contributed by atoms with E-state index in [1.165, 1.54) is 24.5 Å². The number of carbonyl (C=O) groups is 1. The van der Waals surface area contributed by atoms with Crippen molar-refractivity contribution in [3.05, 3.63) is 41.9 Å². The van der Waals surface area contributed by atoms with Gasteiger partial charge < -0.3 is 10.2 Å². The number of hydrogen-bond acceptors (Lipinski definition) is 6. The van der Waals surface area contributed by atoms with Crippen LogP contribution in [0.15, 0.2) is 35.5 Å². The molecule has 8 nitrogen and oxygen atoms in total. The third-order valence-electron chi connectivity index (χ3n) is 3.97. The summed E-state index contributed by atoms with van der Waals surface area (Å²) in [4.78, 5) is 23.0. The Hall–Kier alpha value is -2.52. The number of anilines is 2. The number of hydrogen-bond donors (Lipinski definition) is 2. The van der Waals surface area contributed by atoms with Crippen LogP contribution < -0.4 is 15.4 Å². The van der Waals surface area contributed by atoms with E-state index in [0.29, 0.717) is 17.1 Å². The molecule has 0 saturated carbocycles. The first-order valence-electron chi connectivity index (χ1n) is 8.78. The lowest BCUT2D eigenvalue weighted by molar-refractivity contribution is 0.102. The minimum atomic E-state index is -3.79. The van der Waals surface area contributed by atoms with E-state index in [-0.39, 0.29) is 10.6 Å². The van der Waals surface area contributed by atoms with E-state index in [2.05, 4.69) is 34.0 Å². The number of nitrogens with zero attached hydrogens (tertiary/aromatic N) is 3. The van der Waals surface area contributed by atoms with Crippen molar-refractivity contribution in [1.82, 2.24) is 9.97 Å². The van der Waals surface area contributed by atoms with Gasteiger partial charge in [-0.1, -0.05) is 13.8 Å². The van der Waals surface area contributed by atoms with Crippen LogP contribution in [0, 0.1) is 6.92 Å². The molecule has 1 heterocycles. The molecule has 0 radical (unpaired) electrons. The number of rotatable bonds is 8. The van der Waals surface area contributed by atoms with Crippen molar-refractivity contribution in [3.63, 3.8) is 0 Å². The SMILES string of the molecule is CCCN(CCC)c1cc(C(=O)Nc2ccc(S(N)(=O)=O)cc2C)ncn1. The predicted molar refractivity (Wildman–Crippen MR) is 105 cm³/mol. The summed E-state index contributed by atoms with van der Waals surface area (Å²) in [5, 5.41) is 7.88. The Morgan fingerprint density at radius 2 is 1.81 bits per heavy atom. The Labute approximate surface area is 159 Å². The molecule has 2 rings (SSSR count). The van der Waals surface area contributed by atoms with E-state index < -0.39 is 15.9 Å². The Morgan fingerprint density at radius 3 is 2.37 bits per heavy atom. The van der Waals surface area contributed by atoms with Crippen LogP contribution in [0.4, 0.5) is 11.5 Å². The number of sulfonamides is 1. The zero-order chi connectivity index (χ0) is 20.0. The summed E-state index contributed by atoms with van der Waals surface area (Å²) in [6, 6.07) is 5.94. The molecule has 3 N–H and O–H groups in total. The molecule has 0 spiro atoms. The number of nitrogens with one attached hydrogen (secondary N) is 1. The van der Waals surface area contributed by atoms with Crippen molar-refractivity contribution in [3.8, 4) is 0 Å². The molecule has 0 fully saturated rings. The fraction of sp³-hybridized carbons (Fsp3) is 0.389. The van der Waals surface area contributed by atoms with Crippen LogP contribution in [0.1, 0.15) is 42.7 Å². The Bertz CT molecular complexity index is 909. The lowest BCUT2D eigenvalue weighted by atomic mass is 10.2. The van der Waals surface area contributed by atoms with Crippen LogP contribution in [-0.2, 0) is 10.0 Å². The molecule has 27 heavy (non-hydrogen) atoms. The molecule has 1 aromatic carbocycles. The van der Waals surface area contributed by atoms with Gasteiger partial charge in [0.2, 0.25) is 10.0 Å². The minimum Gasteiger partial charge on any atom is -0.357 e. The van der Waals surface area contributed by atoms with E-state index in [9.17, 15) is 13.2 Å². The quantitative estimate of drug-likeness (QED) is 0.713. The molecule has 0 aliphatic rings. The van der Waals surface area contributed by atoms with Crippen LogP contribution in [-0.4, -0.2) is 37.4 Å². The fourth-order valence-electron chi connectivity index (χ4n) is 2.66. The highest BCUT2D eigenvalue weighted by Gasteiger charge is 2.15. The number of carbonyl (C=O) groups excluding carboxylic acids is 1. The summed E-state index contributed by atoms with van der Waals surface area (Å²) >= 11 is 0. The molecule has 0 aliphatic heterocycles. The van der Waals surface area contributed by atoms with Gasteiger partial charge in [-0.05, 0) is 43.5 Å². The molecule has 0 aliphatic carbocycles. The number of aryl methyl sites for hydroxylation is 1. The van der Waals surface area contributed by atoms with Gasteiger partial charge in [0, 0.05) is 24.8 Å². The van der Waals surface area contributed by atoms with E-state index >= 15 is 0 Å². The van der Waals surface area contributed by atoms with Gasteiger partial charge in [0.25, 0.3) is 5.91 Å². The lowest BCUT2D eigenvalue weighted by Gasteiger charge is -2.22. The van der Waals surface area contributed by atoms with E-state index in [1.807, 2.05) is 0 Å². The monoisotopic (exact) mass is 391 g/mol. The molecule has 2 aromatic rings. The third-order valence-corrected chi connectivity index (χ3v) is 4.88. The van der Waals surface area contributed by atoms with Crippen LogP contribution in [0.3, 0.4) is 0 Å². The summed E-state index contributed by atoms with van der Waals surface area (Å²) in [5.41, 5.74) is 1.32. The van der Waals surface area contributed by atoms with Crippen LogP contribution in [0.2, 0.25) is 0 Å². The normalized spacial score (nSPS) is 11.3. The summed E-state index contributed by atoms with van der Waals surface area (Å²) in [6.45, 7) is 7.57. The molecule has 0 atom stereocenters. The van der Waals surface area contributed by atoms with Crippen LogP contribution in [0.5, 0.6) is 0 Å². The van der Waals surface area contributed by atoms with Gasteiger partial charge in [0.15, 0.2) is 0 Å². The second kappa shape index (κ2) is 8.92. The molecule has 9 heteroatoms. The first-order chi connectivity index (χ1) is 12.8. The summed E-state index contributed by atoms with van der Waals surface area (Å²) in [6.07, 6.45) is 3.32. The maximum absolute atomic E-state index is 12.6. The number of primary sulfonamides is 1. The first-order valence-corrected chi connectivity index (χ1v) is 10.3. The zero-order valence-corrected chi connectivity index (χ0v) is 16.6. The molecule has 0 saturated heterocycles. The van der Waals surface area contributed by atoms with Gasteiger partial charge in [0.05, 0.1) is 4.90 Å². The molecular formula is C18H25N5O3S. The largest absolute Gasteiger partial charge is 0.357 e. The third kappa shape index (κ3) is 5.48. The standard InChI is InChI=1S/C18H25N5O3S/c1-4-8-23(9-5-2)17-11-16(20-12-21-17)18(24)22-15-7-6-14(10-13(15)3)27(19,25)26/h6-7,10-12H,4-5,8-9H2,1-3H3,(H,22,24)(H2,19,25,26). The first kappa shape index (κ1) is 20.8. The van der Waals surface area contributed by atoms with Crippen molar-refractivity contribution in [2.24, 2.45) is 5.14 Å². The van der Waals surface area contributed by atoms with E-state index in [1.54, 1.807) is 13.0 Å². The van der Waals surface area contributed by atoms with Crippen molar-refractivity contribution < 1.29 is 13.2 Å². The predicted octanol–water partition coefficient (Wildman–Crippen LogP) is 2.31. The maximum atomic E-state index is 12.6. The highest BCUT2D eigenvalue weighted by molar-refractivity contribution is 7.89. The van der Waals surface area contributed by atoms with Gasteiger partial charge in [-0.15, -0.1) is 0 Å². The highest BCUT2D eigenvalue weighted by Crippen LogP contribution is 2.20. The van der Waals surface area contributed by atoms with E-state index in [0.717, 1.165) is 25.9 Å². The number of nitrogens with two attached hydrogens (primary N) is 1. The van der Waals surface area contributed by atoms with Crippen molar-refractivity contribution >= 4 is 27.4 Å². The van der Waals surface area contributed by atoms with Crippen molar-refractivity contribution in [2.45, 2.75) is 38.5 Å². The van der Waals surface area contributed by atoms with Crippen LogP contribution >= 0.6 is 0 Å². The van der Waals surface area contributed by atoms with Gasteiger partial charge in [-0.25, -0.2) is 23.5 Å². The zero-order valence-electron chi connectivity index (χ0n) is 15.8. The Balaban J connectivity index is 2.22. The minimum absolute atomic E-state index is 0.00269. The van der Waals surface area contributed by atoms with E-state index in [4.69, 9.17) is 5.14 Å². The number of aromatic nitrogens is 2. The smallest absolute Gasteiger partial charge is 0.274 e. The molecular weight excluding hydrogens is 366 g/mol. The molecule has 0 bridgehead atoms. The van der Waals surface area contributed by atoms with Gasteiger partial charge in [-0.3, -0.25) is 4.79 Å². The second-order valence-electron chi connectivity index (χ2n) is 6.22. The molecule has 0 unspecified atom stereocenters. The lowest BCUT2D eigenvalue weighted by Crippen LogP contribution is -2.26. The second-order valence-corrected chi connectivity index (χ2v) is 7.79. The number of benzene rings is 1. The molecule has 1 aromatic heterocycles. The summed E-state index contributed by atoms with van der Waals surface area (Å²) in [7, 11) is -3.79. The fourth-order valence-corrected chi connectivity index (χ4v) is 3.26. The molecule has 146 valence electrons. The van der Waals surface area contributed by atoms with Crippen molar-refractivity contribution in [2.75, 3.05) is 23.3 Å². The van der Waals surface area contributed by atoms with Crippen LogP contribution in [0.25, 0.3) is 0 Å². The van der Waals surface area contributed by atoms with Gasteiger partial charge in [-0.2, -0.15) is 0 Å². The average Bonchev–Trinajstić information content (AvgIpc) is 2.62. The maximum Gasteiger partial charge on any atom is 0.274 e. The average molecular weight is 391 g/mol. The molecule has 1 amide bonds. The van der Waals surface area contributed by atoms with Crippen molar-refractivity contribution in [1.29, 1.82) is 0 Å². The van der Waals surface area contributed by atoms with Gasteiger partial charge >= 0.3 is 0 Å². The van der Waals surface area contributed by atoms with Gasteiger partial charge in [0.1, 0.15) is 17.8 Å². The Kier molecular flexibility index (Phi) is 6.86. The summed E-state index contributed by atoms with van der Waals surface area (Å²) < 4.78 is 22.8.